The third-order valence-electron chi connectivity index (χ3n) is 4.21. The maximum atomic E-state index is 11.9. The van der Waals surface area contributed by atoms with E-state index in [1.54, 1.807) is 0 Å². The molecule has 1 aliphatic rings. The maximum absolute atomic E-state index is 11.9. The van der Waals surface area contributed by atoms with Crippen LogP contribution in [0.4, 0.5) is 0 Å². The summed E-state index contributed by atoms with van der Waals surface area (Å²) < 4.78 is 6.59. The van der Waals surface area contributed by atoms with Crippen molar-refractivity contribution in [3.05, 3.63) is 28.7 Å². The lowest BCUT2D eigenvalue weighted by atomic mass is 10.2. The summed E-state index contributed by atoms with van der Waals surface area (Å²) in [5.41, 5.74) is 0. The lowest BCUT2D eigenvalue weighted by Gasteiger charge is -2.20. The van der Waals surface area contributed by atoms with Gasteiger partial charge < -0.3 is 15.0 Å². The number of hydrogen-bond donors (Lipinski definition) is 1. The second-order valence-electron chi connectivity index (χ2n) is 6.30. The number of carbonyl (C=O) groups excluding carboxylic acids is 2. The van der Waals surface area contributed by atoms with Gasteiger partial charge in [-0.3, -0.25) is 9.59 Å². The van der Waals surface area contributed by atoms with Gasteiger partial charge in [-0.2, -0.15) is 0 Å². The first-order chi connectivity index (χ1) is 12.1. The average molecular weight is 411 g/mol. The van der Waals surface area contributed by atoms with Crippen molar-refractivity contribution in [1.29, 1.82) is 0 Å². The summed E-state index contributed by atoms with van der Waals surface area (Å²) in [6, 6.07) is 7.67. The Kier molecular flexibility index (Phi) is 8.80. The van der Waals surface area contributed by atoms with Crippen molar-refractivity contribution in [2.24, 2.45) is 0 Å². The van der Waals surface area contributed by atoms with Crippen molar-refractivity contribution in [3.63, 3.8) is 0 Å². The highest BCUT2D eigenvalue weighted by Gasteiger charge is 2.15. The molecule has 0 aromatic heterocycles. The quantitative estimate of drug-likeness (QED) is 0.633. The zero-order chi connectivity index (χ0) is 17.9. The maximum Gasteiger partial charge on any atom is 0.222 e. The predicted octanol–water partition coefficient (Wildman–Crippen LogP) is 3.52. The monoisotopic (exact) mass is 410 g/mol. The van der Waals surface area contributed by atoms with Gasteiger partial charge in [0, 0.05) is 36.9 Å². The van der Waals surface area contributed by atoms with Crippen LogP contribution in [0.5, 0.6) is 5.75 Å². The van der Waals surface area contributed by atoms with Crippen molar-refractivity contribution in [1.82, 2.24) is 10.2 Å². The fourth-order valence-corrected chi connectivity index (χ4v) is 3.22. The van der Waals surface area contributed by atoms with Gasteiger partial charge in [-0.25, -0.2) is 0 Å². The minimum Gasteiger partial charge on any atom is -0.494 e. The highest BCUT2D eigenvalue weighted by Crippen LogP contribution is 2.17. The lowest BCUT2D eigenvalue weighted by molar-refractivity contribution is -0.130. The third kappa shape index (κ3) is 7.90. The minimum absolute atomic E-state index is 0.0417. The molecule has 6 heteroatoms. The summed E-state index contributed by atoms with van der Waals surface area (Å²) >= 11 is 3.40. The van der Waals surface area contributed by atoms with Gasteiger partial charge >= 0.3 is 0 Å². The first-order valence-electron chi connectivity index (χ1n) is 9.08. The van der Waals surface area contributed by atoms with E-state index in [9.17, 15) is 9.59 Å². The van der Waals surface area contributed by atoms with Gasteiger partial charge in [-0.15, -0.1) is 0 Å². The summed E-state index contributed by atoms with van der Waals surface area (Å²) in [6.07, 6.45) is 5.86. The molecule has 0 atom stereocenters. The van der Waals surface area contributed by atoms with E-state index < -0.39 is 0 Å². The van der Waals surface area contributed by atoms with Crippen LogP contribution in [-0.2, 0) is 9.59 Å². The molecule has 1 fully saturated rings. The van der Waals surface area contributed by atoms with E-state index in [0.29, 0.717) is 32.4 Å². The van der Waals surface area contributed by atoms with Gasteiger partial charge in [-0.1, -0.05) is 28.4 Å². The molecular weight excluding hydrogens is 384 g/mol. The highest BCUT2D eigenvalue weighted by atomic mass is 79.9. The van der Waals surface area contributed by atoms with Gasteiger partial charge in [-0.05, 0) is 43.9 Å². The third-order valence-corrected chi connectivity index (χ3v) is 4.70. The second-order valence-corrected chi connectivity index (χ2v) is 7.22. The summed E-state index contributed by atoms with van der Waals surface area (Å²) in [7, 11) is 0. The van der Waals surface area contributed by atoms with Gasteiger partial charge in [0.25, 0.3) is 0 Å². The number of hydrogen-bond acceptors (Lipinski definition) is 3. The topological polar surface area (TPSA) is 58.6 Å². The number of carbonyl (C=O) groups is 2. The molecule has 0 radical (unpaired) electrons. The second kappa shape index (κ2) is 11.1. The first kappa shape index (κ1) is 19.8. The van der Waals surface area contributed by atoms with E-state index in [2.05, 4.69) is 21.2 Å². The van der Waals surface area contributed by atoms with Crippen LogP contribution < -0.4 is 10.1 Å². The molecule has 1 aromatic carbocycles. The number of nitrogens with zero attached hydrogens (tertiary/aromatic N) is 1. The lowest BCUT2D eigenvalue weighted by Crippen LogP contribution is -2.34. The average Bonchev–Trinajstić information content (AvgIpc) is 2.80. The van der Waals surface area contributed by atoms with Crippen LogP contribution in [0.3, 0.4) is 0 Å². The number of rotatable bonds is 9. The van der Waals surface area contributed by atoms with E-state index in [4.69, 9.17) is 4.74 Å². The van der Waals surface area contributed by atoms with E-state index >= 15 is 0 Å². The molecule has 1 N–H and O–H groups in total. The molecule has 1 heterocycles. The van der Waals surface area contributed by atoms with Gasteiger partial charge in [0.1, 0.15) is 5.75 Å². The summed E-state index contributed by atoms with van der Waals surface area (Å²) in [5, 5.41) is 2.92. The molecule has 1 aliphatic heterocycles. The van der Waals surface area contributed by atoms with E-state index in [1.165, 1.54) is 0 Å². The molecule has 2 amide bonds. The van der Waals surface area contributed by atoms with Crippen LogP contribution in [0.15, 0.2) is 28.7 Å². The molecule has 0 unspecified atom stereocenters. The van der Waals surface area contributed by atoms with Crippen LogP contribution in [-0.4, -0.2) is 43.0 Å². The number of ether oxygens (including phenoxy) is 1. The van der Waals surface area contributed by atoms with Crippen LogP contribution in [0.2, 0.25) is 0 Å². The van der Waals surface area contributed by atoms with Crippen molar-refractivity contribution in [2.75, 3.05) is 26.2 Å². The number of benzene rings is 1. The molecule has 0 spiro atoms. The molecule has 5 nitrogen and oxygen atoms in total. The molecule has 2 rings (SSSR count). The molecule has 0 saturated carbocycles. The van der Waals surface area contributed by atoms with Crippen LogP contribution >= 0.6 is 15.9 Å². The molecule has 0 aliphatic carbocycles. The fourth-order valence-electron chi connectivity index (χ4n) is 2.84. The molecule has 1 saturated heterocycles. The number of likely N-dealkylation sites (tertiary alicyclic amines) is 1. The normalized spacial score (nSPS) is 14.9. The predicted molar refractivity (Wildman–Crippen MR) is 102 cm³/mol. The minimum atomic E-state index is 0.0417. The smallest absolute Gasteiger partial charge is 0.222 e. The largest absolute Gasteiger partial charge is 0.494 e. The van der Waals surface area contributed by atoms with Crippen molar-refractivity contribution < 1.29 is 14.3 Å². The van der Waals surface area contributed by atoms with Gasteiger partial charge in [0.15, 0.2) is 0 Å². The Morgan fingerprint density at radius 2 is 2.12 bits per heavy atom. The standard InChI is InChI=1S/C19H27BrN2O3/c20-16-7-4-8-17(15-16)25-14-5-9-18(23)21-11-6-13-22-12-3-1-2-10-19(22)24/h4,7-8,15H,1-3,5-6,9-14H2,(H,21,23). The van der Waals surface area contributed by atoms with Crippen LogP contribution in [0.1, 0.15) is 44.9 Å². The molecule has 0 bridgehead atoms. The fraction of sp³-hybridized carbons (Fsp3) is 0.579. The summed E-state index contributed by atoms with van der Waals surface area (Å²) in [4.78, 5) is 25.6. The number of amides is 2. The highest BCUT2D eigenvalue weighted by molar-refractivity contribution is 9.10. The van der Waals surface area contributed by atoms with E-state index in [1.807, 2.05) is 29.2 Å². The van der Waals surface area contributed by atoms with Gasteiger partial charge in [0.2, 0.25) is 11.8 Å². The molecule has 25 heavy (non-hydrogen) atoms. The Morgan fingerprint density at radius 1 is 1.24 bits per heavy atom. The summed E-state index contributed by atoms with van der Waals surface area (Å²) in [6.45, 7) is 2.74. The van der Waals surface area contributed by atoms with E-state index in [0.717, 1.165) is 49.0 Å². The zero-order valence-corrected chi connectivity index (χ0v) is 16.2. The zero-order valence-electron chi connectivity index (χ0n) is 14.6. The Morgan fingerprint density at radius 3 is 2.96 bits per heavy atom. The number of halogens is 1. The van der Waals surface area contributed by atoms with Crippen molar-refractivity contribution in [3.8, 4) is 5.75 Å². The first-order valence-corrected chi connectivity index (χ1v) is 9.87. The van der Waals surface area contributed by atoms with Crippen LogP contribution in [0.25, 0.3) is 0 Å². The van der Waals surface area contributed by atoms with Crippen LogP contribution in [0, 0.1) is 0 Å². The Hall–Kier alpha value is -1.56. The number of nitrogens with one attached hydrogen (secondary N) is 1. The molecule has 1 aromatic rings. The van der Waals surface area contributed by atoms with Gasteiger partial charge in [0.05, 0.1) is 6.61 Å². The Bertz CT molecular complexity index is 565. The molecule has 138 valence electrons. The van der Waals surface area contributed by atoms with Crippen molar-refractivity contribution in [2.45, 2.75) is 44.9 Å². The molecular formula is C19H27BrN2O3. The Labute approximate surface area is 158 Å². The van der Waals surface area contributed by atoms with E-state index in [-0.39, 0.29) is 11.8 Å². The summed E-state index contributed by atoms with van der Waals surface area (Å²) in [5.74, 6) is 1.10. The Balaban J connectivity index is 1.51. The van der Waals surface area contributed by atoms with Crippen molar-refractivity contribution >= 4 is 27.7 Å². The SMILES string of the molecule is O=C(CCCOc1cccc(Br)c1)NCCCN1CCCCCC1=O.